The van der Waals surface area contributed by atoms with Crippen LogP contribution in [0.2, 0.25) is 5.02 Å². The van der Waals surface area contributed by atoms with E-state index < -0.39 is 21.4 Å². The Labute approximate surface area is 164 Å². The van der Waals surface area contributed by atoms with Gasteiger partial charge in [-0.05, 0) is 36.4 Å². The van der Waals surface area contributed by atoms with Gasteiger partial charge in [-0.25, -0.2) is 5.43 Å². The summed E-state index contributed by atoms with van der Waals surface area (Å²) in [6.45, 7) is 1.64. The predicted molar refractivity (Wildman–Crippen MR) is 97.6 cm³/mol. The normalized spacial score (nSPS) is 12.5. The van der Waals surface area contributed by atoms with Crippen LogP contribution in [0.15, 0.2) is 53.6 Å². The van der Waals surface area contributed by atoms with Crippen LogP contribution >= 0.6 is 11.6 Å². The van der Waals surface area contributed by atoms with Crippen LogP contribution in [-0.2, 0) is 14.9 Å². The molecule has 0 aromatic heterocycles. The summed E-state index contributed by atoms with van der Waals surface area (Å²) in [4.78, 5) is 11.5. The number of hydrogen-bond acceptors (Lipinski definition) is 5. The van der Waals surface area contributed by atoms with Crippen LogP contribution in [0.25, 0.3) is 0 Å². The molecule has 0 saturated heterocycles. The molecule has 0 bridgehead atoms. The Bertz CT molecular complexity index is 973. The molecule has 150 valence electrons. The minimum absolute atomic E-state index is 0.194. The number of nitrogens with one attached hydrogen (secondary N) is 1. The molecule has 2 aromatic carbocycles. The average molecular weight is 435 g/mol. The first-order chi connectivity index (χ1) is 13.0. The van der Waals surface area contributed by atoms with Crippen molar-refractivity contribution in [3.05, 3.63) is 64.7 Å². The van der Waals surface area contributed by atoms with Gasteiger partial charge in [-0.15, -0.1) is 0 Å². The number of alkyl halides is 3. The van der Waals surface area contributed by atoms with E-state index in [0.717, 1.165) is 12.1 Å². The molecule has 0 atom stereocenters. The zero-order chi connectivity index (χ0) is 20.9. The summed E-state index contributed by atoms with van der Waals surface area (Å²) in [5, 5.41) is 4.52. The molecule has 0 fully saturated rings. The van der Waals surface area contributed by atoms with Crippen molar-refractivity contribution in [3.8, 4) is 5.75 Å². The van der Waals surface area contributed by atoms with Crippen molar-refractivity contribution in [2.24, 2.45) is 5.10 Å². The largest absolute Gasteiger partial charge is 0.534 e. The highest BCUT2D eigenvalue weighted by molar-refractivity contribution is 7.88. The molecule has 0 heterocycles. The van der Waals surface area contributed by atoms with Gasteiger partial charge in [0, 0.05) is 22.6 Å². The van der Waals surface area contributed by atoms with E-state index in [2.05, 4.69) is 14.7 Å². The molecule has 1 N–H and O–H groups in total. The third kappa shape index (κ3) is 5.46. The molecule has 0 saturated carbocycles. The van der Waals surface area contributed by atoms with Gasteiger partial charge >= 0.3 is 15.6 Å². The fourth-order valence-corrected chi connectivity index (χ4v) is 2.53. The van der Waals surface area contributed by atoms with Gasteiger partial charge in [0.15, 0.2) is 0 Å². The second-order valence-electron chi connectivity index (χ2n) is 5.36. The molecule has 2 aromatic rings. The summed E-state index contributed by atoms with van der Waals surface area (Å²) in [6, 6.07) is 11.2. The monoisotopic (exact) mass is 434 g/mol. The quantitative estimate of drug-likeness (QED) is 0.324. The maximum absolute atomic E-state index is 12.4. The van der Waals surface area contributed by atoms with E-state index >= 15 is 0 Å². The van der Waals surface area contributed by atoms with Crippen LogP contribution in [0.5, 0.6) is 5.75 Å². The van der Waals surface area contributed by atoms with Crippen LogP contribution in [0, 0.1) is 0 Å². The smallest absolute Gasteiger partial charge is 0.376 e. The lowest BCUT2D eigenvalue weighted by Crippen LogP contribution is -2.28. The summed E-state index contributed by atoms with van der Waals surface area (Å²) >= 11 is 5.86. The Balaban J connectivity index is 2.36. The van der Waals surface area contributed by atoms with E-state index in [1.807, 2.05) is 0 Å². The van der Waals surface area contributed by atoms with Crippen molar-refractivity contribution in [2.75, 3.05) is 0 Å². The SMILES string of the molecule is CCC(=O)NN=C(c1ccc(Cl)cc1)c1ccc(OS(=O)(=O)C(F)(F)F)cc1. The predicted octanol–water partition coefficient (Wildman–Crippen LogP) is 3.85. The Morgan fingerprint density at radius 3 is 2.04 bits per heavy atom. The van der Waals surface area contributed by atoms with Gasteiger partial charge in [0.25, 0.3) is 0 Å². The van der Waals surface area contributed by atoms with Gasteiger partial charge in [-0.3, -0.25) is 4.79 Å². The molecule has 6 nitrogen and oxygen atoms in total. The summed E-state index contributed by atoms with van der Waals surface area (Å²) in [6.07, 6.45) is 0.194. The number of halogens is 4. The van der Waals surface area contributed by atoms with E-state index in [1.165, 1.54) is 12.1 Å². The minimum atomic E-state index is -5.77. The van der Waals surface area contributed by atoms with Gasteiger partial charge < -0.3 is 4.18 Å². The second-order valence-corrected chi connectivity index (χ2v) is 7.34. The first kappa shape index (κ1) is 21.7. The van der Waals surface area contributed by atoms with Gasteiger partial charge in [-0.1, -0.05) is 30.7 Å². The highest BCUT2D eigenvalue weighted by atomic mass is 35.5. The molecule has 11 heteroatoms. The van der Waals surface area contributed by atoms with Gasteiger partial charge in [0.1, 0.15) is 5.75 Å². The highest BCUT2D eigenvalue weighted by Crippen LogP contribution is 2.27. The lowest BCUT2D eigenvalue weighted by atomic mass is 10.0. The van der Waals surface area contributed by atoms with E-state index in [4.69, 9.17) is 11.6 Å². The zero-order valence-corrected chi connectivity index (χ0v) is 15.9. The maximum atomic E-state index is 12.4. The van der Waals surface area contributed by atoms with E-state index in [1.54, 1.807) is 31.2 Å². The van der Waals surface area contributed by atoms with Crippen LogP contribution in [0.4, 0.5) is 13.2 Å². The minimum Gasteiger partial charge on any atom is -0.376 e. The number of hydrazone groups is 1. The van der Waals surface area contributed by atoms with Crippen molar-refractivity contribution >= 4 is 33.3 Å². The van der Waals surface area contributed by atoms with Crippen molar-refractivity contribution in [1.29, 1.82) is 0 Å². The van der Waals surface area contributed by atoms with Crippen molar-refractivity contribution < 1.29 is 30.6 Å². The lowest BCUT2D eigenvalue weighted by Gasteiger charge is -2.11. The standard InChI is InChI=1S/C17H14ClF3N2O4S/c1-2-15(24)22-23-16(11-3-7-13(18)8-4-11)12-5-9-14(10-6-12)27-28(25,26)17(19,20)21/h3-10H,2H2,1H3,(H,22,24). The Morgan fingerprint density at radius 2 is 1.57 bits per heavy atom. The van der Waals surface area contributed by atoms with E-state index in [-0.39, 0.29) is 12.3 Å². The summed E-state index contributed by atoms with van der Waals surface area (Å²) in [5.41, 5.74) is -1.92. The molecule has 0 aliphatic heterocycles. The van der Waals surface area contributed by atoms with Gasteiger partial charge in [0.05, 0.1) is 5.71 Å². The van der Waals surface area contributed by atoms with Gasteiger partial charge in [0.2, 0.25) is 5.91 Å². The first-order valence-electron chi connectivity index (χ1n) is 7.77. The fraction of sp³-hybridized carbons (Fsp3) is 0.176. The summed E-state index contributed by atoms with van der Waals surface area (Å²) in [7, 11) is -5.77. The average Bonchev–Trinajstić information content (AvgIpc) is 2.63. The van der Waals surface area contributed by atoms with E-state index in [9.17, 15) is 26.4 Å². The molecule has 0 aliphatic rings. The number of amides is 1. The maximum Gasteiger partial charge on any atom is 0.534 e. The van der Waals surface area contributed by atoms with Crippen LogP contribution in [0.3, 0.4) is 0 Å². The number of carbonyl (C=O) groups is 1. The van der Waals surface area contributed by atoms with Crippen molar-refractivity contribution in [3.63, 3.8) is 0 Å². The van der Waals surface area contributed by atoms with Crippen LogP contribution in [-0.4, -0.2) is 25.5 Å². The molecule has 28 heavy (non-hydrogen) atoms. The number of hydrogen-bond donors (Lipinski definition) is 1. The third-order valence-electron chi connectivity index (χ3n) is 3.35. The zero-order valence-electron chi connectivity index (χ0n) is 14.3. The van der Waals surface area contributed by atoms with E-state index in [0.29, 0.717) is 21.9 Å². The summed E-state index contributed by atoms with van der Waals surface area (Å²) < 4.78 is 63.4. The first-order valence-corrected chi connectivity index (χ1v) is 9.56. The number of benzene rings is 2. The highest BCUT2D eigenvalue weighted by Gasteiger charge is 2.48. The number of rotatable bonds is 6. The number of carbonyl (C=O) groups excluding carboxylic acids is 1. The van der Waals surface area contributed by atoms with Crippen LogP contribution in [0.1, 0.15) is 24.5 Å². The molecular weight excluding hydrogens is 421 g/mol. The molecular formula is C17H14ClF3N2O4S. The third-order valence-corrected chi connectivity index (χ3v) is 4.58. The van der Waals surface area contributed by atoms with Crippen LogP contribution < -0.4 is 9.61 Å². The number of nitrogens with zero attached hydrogens (tertiary/aromatic N) is 1. The lowest BCUT2D eigenvalue weighted by molar-refractivity contribution is -0.120. The fourth-order valence-electron chi connectivity index (χ4n) is 1.94. The van der Waals surface area contributed by atoms with Crippen molar-refractivity contribution in [1.82, 2.24) is 5.43 Å². The second kappa shape index (κ2) is 8.61. The Morgan fingerprint density at radius 1 is 1.07 bits per heavy atom. The molecule has 0 radical (unpaired) electrons. The molecule has 1 amide bonds. The van der Waals surface area contributed by atoms with Crippen molar-refractivity contribution in [2.45, 2.75) is 18.9 Å². The summed E-state index contributed by atoms with van der Waals surface area (Å²) in [5.74, 6) is -0.864. The molecule has 2 rings (SSSR count). The topological polar surface area (TPSA) is 84.8 Å². The van der Waals surface area contributed by atoms with Gasteiger partial charge in [-0.2, -0.15) is 26.7 Å². The Kier molecular flexibility index (Phi) is 6.68. The molecule has 0 unspecified atom stereocenters. The Hall–Kier alpha value is -2.59. The molecule has 0 spiro atoms. The molecule has 0 aliphatic carbocycles.